The van der Waals surface area contributed by atoms with Crippen molar-refractivity contribution in [1.29, 1.82) is 0 Å². The summed E-state index contributed by atoms with van der Waals surface area (Å²) < 4.78 is 11.1. The van der Waals surface area contributed by atoms with Gasteiger partial charge in [-0.1, -0.05) is 30.3 Å². The van der Waals surface area contributed by atoms with E-state index in [4.69, 9.17) is 9.47 Å². The first kappa shape index (κ1) is 18.8. The summed E-state index contributed by atoms with van der Waals surface area (Å²) in [7, 11) is 0. The van der Waals surface area contributed by atoms with Crippen LogP contribution in [0.5, 0.6) is 0 Å². The second-order valence-corrected chi connectivity index (χ2v) is 5.89. The molecule has 0 bridgehead atoms. The molecule has 2 rings (SSSR count). The van der Waals surface area contributed by atoms with E-state index in [-0.39, 0.29) is 5.91 Å². The molecule has 0 aliphatic carbocycles. The van der Waals surface area contributed by atoms with E-state index in [1.807, 2.05) is 30.3 Å². The van der Waals surface area contributed by atoms with Gasteiger partial charge in [-0.2, -0.15) is 0 Å². The third-order valence-corrected chi connectivity index (χ3v) is 3.99. The number of amides is 1. The number of rotatable bonds is 7. The van der Waals surface area contributed by atoms with Crippen LogP contribution in [0, 0.1) is 0 Å². The van der Waals surface area contributed by atoms with Gasteiger partial charge in [-0.3, -0.25) is 4.79 Å². The third-order valence-electron chi connectivity index (χ3n) is 3.99. The number of aliphatic hydroxyl groups is 3. The fourth-order valence-electron chi connectivity index (χ4n) is 2.73. The van der Waals surface area contributed by atoms with Crippen molar-refractivity contribution in [3.05, 3.63) is 35.9 Å². The number of carbonyl (C=O) groups is 1. The van der Waals surface area contributed by atoms with Gasteiger partial charge in [0.05, 0.1) is 13.2 Å². The lowest BCUT2D eigenvalue weighted by Gasteiger charge is -2.42. The SMILES string of the molecule is CC(=O)N[C@H]1[C@@H](OCCCc2ccccc2)O[C@@H](CO)[C@@H](O)[C@@H]1O. The molecule has 1 heterocycles. The highest BCUT2D eigenvalue weighted by Gasteiger charge is 2.45. The van der Waals surface area contributed by atoms with Crippen LogP contribution >= 0.6 is 0 Å². The van der Waals surface area contributed by atoms with Crippen LogP contribution in [0.1, 0.15) is 18.9 Å². The maximum absolute atomic E-state index is 11.3. The topological polar surface area (TPSA) is 108 Å². The average Bonchev–Trinajstić information content (AvgIpc) is 2.58. The second kappa shape index (κ2) is 9.10. The van der Waals surface area contributed by atoms with E-state index in [1.54, 1.807) is 0 Å². The largest absolute Gasteiger partial charge is 0.394 e. The van der Waals surface area contributed by atoms with Gasteiger partial charge >= 0.3 is 0 Å². The number of hydrogen-bond donors (Lipinski definition) is 4. The molecule has 7 heteroatoms. The molecule has 5 atom stereocenters. The van der Waals surface area contributed by atoms with Crippen LogP contribution in [-0.4, -0.2) is 65.1 Å². The Bertz CT molecular complexity index is 511. The Labute approximate surface area is 141 Å². The molecule has 1 aromatic rings. The number of benzene rings is 1. The van der Waals surface area contributed by atoms with Crippen molar-refractivity contribution < 1.29 is 29.6 Å². The molecule has 1 aromatic carbocycles. The van der Waals surface area contributed by atoms with E-state index in [1.165, 1.54) is 12.5 Å². The molecular formula is C17H25NO6. The highest BCUT2D eigenvalue weighted by Crippen LogP contribution is 2.22. The predicted molar refractivity (Wildman–Crippen MR) is 86.1 cm³/mol. The van der Waals surface area contributed by atoms with E-state index < -0.39 is 37.3 Å². The van der Waals surface area contributed by atoms with Crippen molar-refractivity contribution >= 4 is 5.91 Å². The van der Waals surface area contributed by atoms with Gasteiger partial charge < -0.3 is 30.1 Å². The van der Waals surface area contributed by atoms with Gasteiger partial charge in [0, 0.05) is 6.92 Å². The van der Waals surface area contributed by atoms with Crippen LogP contribution in [0.3, 0.4) is 0 Å². The number of hydrogen-bond acceptors (Lipinski definition) is 6. The molecule has 24 heavy (non-hydrogen) atoms. The van der Waals surface area contributed by atoms with Gasteiger partial charge in [0.2, 0.25) is 5.91 Å². The molecule has 134 valence electrons. The fourth-order valence-corrected chi connectivity index (χ4v) is 2.73. The van der Waals surface area contributed by atoms with E-state index in [9.17, 15) is 20.1 Å². The maximum atomic E-state index is 11.3. The molecule has 1 fully saturated rings. The molecule has 0 unspecified atom stereocenters. The van der Waals surface area contributed by atoms with Crippen LogP contribution < -0.4 is 5.32 Å². The predicted octanol–water partition coefficient (Wildman–Crippen LogP) is -0.420. The Morgan fingerprint density at radius 2 is 1.96 bits per heavy atom. The zero-order valence-corrected chi connectivity index (χ0v) is 13.7. The van der Waals surface area contributed by atoms with Gasteiger partial charge in [-0.05, 0) is 18.4 Å². The van der Waals surface area contributed by atoms with Crippen LogP contribution in [0.25, 0.3) is 0 Å². The Morgan fingerprint density at radius 3 is 2.58 bits per heavy atom. The van der Waals surface area contributed by atoms with Crippen LogP contribution in [0.4, 0.5) is 0 Å². The molecule has 0 saturated carbocycles. The molecule has 4 N–H and O–H groups in total. The van der Waals surface area contributed by atoms with E-state index in [0.717, 1.165) is 12.8 Å². The Balaban J connectivity index is 1.90. The first-order valence-electron chi connectivity index (χ1n) is 8.08. The lowest BCUT2D eigenvalue weighted by molar-refractivity contribution is -0.270. The first-order chi connectivity index (χ1) is 11.5. The first-order valence-corrected chi connectivity index (χ1v) is 8.08. The lowest BCUT2D eigenvalue weighted by atomic mass is 9.97. The number of aryl methyl sites for hydroxylation is 1. The zero-order chi connectivity index (χ0) is 17.5. The molecular weight excluding hydrogens is 314 g/mol. The summed E-state index contributed by atoms with van der Waals surface area (Å²) in [6.07, 6.45) is -2.90. The molecule has 0 spiro atoms. The smallest absolute Gasteiger partial charge is 0.217 e. The van der Waals surface area contributed by atoms with E-state index >= 15 is 0 Å². The number of nitrogens with one attached hydrogen (secondary N) is 1. The molecule has 1 saturated heterocycles. The molecule has 1 amide bonds. The van der Waals surface area contributed by atoms with Gasteiger partial charge in [0.1, 0.15) is 24.4 Å². The molecule has 1 aliphatic rings. The molecule has 0 aromatic heterocycles. The number of aliphatic hydroxyl groups excluding tert-OH is 3. The number of carbonyl (C=O) groups excluding carboxylic acids is 1. The summed E-state index contributed by atoms with van der Waals surface area (Å²) in [5, 5.41) is 31.9. The van der Waals surface area contributed by atoms with Gasteiger partial charge in [0.15, 0.2) is 6.29 Å². The zero-order valence-electron chi connectivity index (χ0n) is 13.7. The lowest BCUT2D eigenvalue weighted by Crippen LogP contribution is -2.64. The van der Waals surface area contributed by atoms with Crippen LogP contribution in [0.15, 0.2) is 30.3 Å². The maximum Gasteiger partial charge on any atom is 0.217 e. The summed E-state index contributed by atoms with van der Waals surface area (Å²) in [6, 6.07) is 9.05. The van der Waals surface area contributed by atoms with Gasteiger partial charge in [-0.15, -0.1) is 0 Å². The van der Waals surface area contributed by atoms with Crippen molar-refractivity contribution in [1.82, 2.24) is 5.32 Å². The van der Waals surface area contributed by atoms with Crippen molar-refractivity contribution in [3.63, 3.8) is 0 Å². The molecule has 1 aliphatic heterocycles. The standard InChI is InChI=1S/C17H25NO6/c1-11(20)18-14-16(22)15(21)13(10-19)24-17(14)23-9-5-8-12-6-3-2-4-7-12/h2-4,6-7,13-17,19,21-22H,5,8-10H2,1H3,(H,18,20)/t13-,14+,15+,16+,17-/m0/s1. The van der Waals surface area contributed by atoms with Gasteiger partial charge in [-0.25, -0.2) is 0 Å². The normalized spacial score (nSPS) is 30.1. The van der Waals surface area contributed by atoms with Crippen LogP contribution in [0.2, 0.25) is 0 Å². The van der Waals surface area contributed by atoms with E-state index in [2.05, 4.69) is 5.32 Å². The summed E-state index contributed by atoms with van der Waals surface area (Å²) >= 11 is 0. The Morgan fingerprint density at radius 1 is 1.25 bits per heavy atom. The summed E-state index contributed by atoms with van der Waals surface area (Å²) in [4.78, 5) is 11.3. The minimum absolute atomic E-state index is 0.358. The molecule has 0 radical (unpaired) electrons. The highest BCUT2D eigenvalue weighted by atomic mass is 16.7. The fraction of sp³-hybridized carbons (Fsp3) is 0.588. The average molecular weight is 339 g/mol. The van der Waals surface area contributed by atoms with Crippen molar-refractivity contribution in [2.24, 2.45) is 0 Å². The third kappa shape index (κ3) is 4.99. The quantitative estimate of drug-likeness (QED) is 0.503. The monoisotopic (exact) mass is 339 g/mol. The minimum Gasteiger partial charge on any atom is -0.394 e. The highest BCUT2D eigenvalue weighted by molar-refractivity contribution is 5.73. The van der Waals surface area contributed by atoms with Crippen molar-refractivity contribution in [2.75, 3.05) is 13.2 Å². The molecule has 7 nitrogen and oxygen atoms in total. The summed E-state index contributed by atoms with van der Waals surface area (Å²) in [6.45, 7) is 1.22. The van der Waals surface area contributed by atoms with E-state index in [0.29, 0.717) is 6.61 Å². The summed E-state index contributed by atoms with van der Waals surface area (Å²) in [5.74, 6) is -0.366. The van der Waals surface area contributed by atoms with Crippen molar-refractivity contribution in [2.45, 2.75) is 50.4 Å². The minimum atomic E-state index is -1.30. The Kier molecular flexibility index (Phi) is 7.14. The second-order valence-electron chi connectivity index (χ2n) is 5.89. The number of ether oxygens (including phenoxy) is 2. The Hall–Kier alpha value is -1.51. The summed E-state index contributed by atoms with van der Waals surface area (Å²) in [5.41, 5.74) is 1.19. The van der Waals surface area contributed by atoms with Crippen molar-refractivity contribution in [3.8, 4) is 0 Å². The van der Waals surface area contributed by atoms with Crippen LogP contribution in [-0.2, 0) is 20.7 Å². The van der Waals surface area contributed by atoms with Gasteiger partial charge in [0.25, 0.3) is 0 Å².